The third-order valence-corrected chi connectivity index (χ3v) is 3.58. The molecule has 0 bridgehead atoms. The fourth-order valence-electron chi connectivity index (χ4n) is 1.82. The summed E-state index contributed by atoms with van der Waals surface area (Å²) in [5.74, 6) is 0. The van der Waals surface area contributed by atoms with Crippen molar-refractivity contribution in [3.05, 3.63) is 0 Å². The van der Waals surface area contributed by atoms with Crippen LogP contribution < -0.4 is 0 Å². The zero-order valence-electron chi connectivity index (χ0n) is 11.8. The summed E-state index contributed by atoms with van der Waals surface area (Å²) >= 11 is 0. The van der Waals surface area contributed by atoms with Crippen LogP contribution in [0.1, 0.15) is 72.1 Å². The third-order valence-electron chi connectivity index (χ3n) is 3.58. The molecule has 16 heavy (non-hydrogen) atoms. The van der Waals surface area contributed by atoms with E-state index >= 15 is 0 Å². The number of unbranched alkanes of at least 4 members (excludes halogenated alkanes) is 7. The van der Waals surface area contributed by atoms with E-state index in [9.17, 15) is 5.21 Å². The van der Waals surface area contributed by atoms with Gasteiger partial charge in [-0.1, -0.05) is 45.4 Å². The molecule has 98 valence electrons. The van der Waals surface area contributed by atoms with Gasteiger partial charge in [0.25, 0.3) is 0 Å². The first-order chi connectivity index (χ1) is 7.50. The van der Waals surface area contributed by atoms with Crippen molar-refractivity contribution in [1.82, 2.24) is 0 Å². The molecule has 0 saturated heterocycles. The first-order valence-corrected chi connectivity index (χ1v) is 7.08. The zero-order chi connectivity index (χ0) is 12.4. The average Bonchev–Trinajstić information content (AvgIpc) is 2.21. The van der Waals surface area contributed by atoms with Gasteiger partial charge in [-0.05, 0) is 26.7 Å². The van der Waals surface area contributed by atoms with Crippen molar-refractivity contribution in [2.75, 3.05) is 13.6 Å². The van der Waals surface area contributed by atoms with E-state index in [1.165, 1.54) is 44.9 Å². The minimum atomic E-state index is 0.176. The molecule has 0 aliphatic heterocycles. The molecular weight excluding hydrogens is 198 g/mol. The maximum atomic E-state index is 10.0. The van der Waals surface area contributed by atoms with Crippen LogP contribution in [0.15, 0.2) is 0 Å². The van der Waals surface area contributed by atoms with Crippen molar-refractivity contribution in [2.45, 2.75) is 78.2 Å². The molecule has 2 heteroatoms. The van der Waals surface area contributed by atoms with E-state index in [4.69, 9.17) is 0 Å². The van der Waals surface area contributed by atoms with Gasteiger partial charge in [-0.2, -0.15) is 4.65 Å². The van der Waals surface area contributed by atoms with Crippen LogP contribution in [0.5, 0.6) is 0 Å². The van der Waals surface area contributed by atoms with Crippen LogP contribution in [0.2, 0.25) is 0 Å². The highest BCUT2D eigenvalue weighted by Gasteiger charge is 2.22. The van der Waals surface area contributed by atoms with Gasteiger partial charge in [0.2, 0.25) is 0 Å². The van der Waals surface area contributed by atoms with Crippen LogP contribution in [0.3, 0.4) is 0 Å². The quantitative estimate of drug-likeness (QED) is 0.336. The summed E-state index contributed by atoms with van der Waals surface area (Å²) in [7, 11) is 1.91. The largest absolute Gasteiger partial charge is 0.217 e. The molecule has 0 heterocycles. The van der Waals surface area contributed by atoms with Crippen molar-refractivity contribution in [3.8, 4) is 0 Å². The summed E-state index contributed by atoms with van der Waals surface area (Å²) in [4.78, 5) is 0. The Bertz CT molecular complexity index is 155. The molecule has 1 unspecified atom stereocenters. The summed E-state index contributed by atoms with van der Waals surface area (Å²) < 4.78 is 0.176. The Hall–Kier alpha value is -0.0800. The van der Waals surface area contributed by atoms with E-state index in [1.54, 1.807) is 0 Å². The predicted molar refractivity (Wildman–Crippen MR) is 70.6 cm³/mol. The summed E-state index contributed by atoms with van der Waals surface area (Å²) in [6, 6.07) is 0.310. The summed E-state index contributed by atoms with van der Waals surface area (Å²) in [5, 5.41) is 10.0. The summed E-state index contributed by atoms with van der Waals surface area (Å²) in [5.41, 5.74) is 0. The van der Waals surface area contributed by atoms with E-state index in [2.05, 4.69) is 20.8 Å². The van der Waals surface area contributed by atoms with Gasteiger partial charge in [0, 0.05) is 0 Å². The van der Waals surface area contributed by atoms with Gasteiger partial charge in [-0.25, -0.2) is 5.21 Å². The third kappa shape index (κ3) is 8.12. The molecule has 0 spiro atoms. The molecule has 0 rings (SSSR count). The number of hydrogen-bond acceptors (Lipinski definition) is 1. The number of hydroxylamine groups is 3. The van der Waals surface area contributed by atoms with Crippen molar-refractivity contribution in [1.29, 1.82) is 0 Å². The molecule has 0 aromatic carbocycles. The van der Waals surface area contributed by atoms with Crippen LogP contribution in [-0.2, 0) is 0 Å². The molecule has 0 aromatic rings. The first-order valence-electron chi connectivity index (χ1n) is 7.08. The fraction of sp³-hybridized carbons (Fsp3) is 1.00. The Balaban J connectivity index is 3.27. The highest BCUT2D eigenvalue weighted by molar-refractivity contribution is 4.46. The number of hydrogen-bond donors (Lipinski definition) is 1. The van der Waals surface area contributed by atoms with E-state index in [0.717, 1.165) is 13.0 Å². The first kappa shape index (κ1) is 15.9. The second-order valence-corrected chi connectivity index (χ2v) is 5.51. The van der Waals surface area contributed by atoms with Crippen LogP contribution in [0.4, 0.5) is 0 Å². The highest BCUT2D eigenvalue weighted by Crippen LogP contribution is 2.11. The molecule has 0 aromatic heterocycles. The molecule has 0 radical (unpaired) electrons. The smallest absolute Gasteiger partial charge is 0.113 e. The van der Waals surface area contributed by atoms with E-state index in [-0.39, 0.29) is 4.65 Å². The highest BCUT2D eigenvalue weighted by atomic mass is 16.5. The number of quaternary nitrogens is 1. The average molecular weight is 230 g/mol. The van der Waals surface area contributed by atoms with Crippen molar-refractivity contribution < 1.29 is 9.85 Å². The fourth-order valence-corrected chi connectivity index (χ4v) is 1.82. The van der Waals surface area contributed by atoms with E-state index in [1.807, 2.05) is 7.05 Å². The standard InChI is InChI=1S/C14H32NO/c1-5-6-7-8-9-10-11-12-13-15(4,16)14(2)3/h14,16H,5-13H2,1-4H3/q+1. The minimum absolute atomic E-state index is 0.176. The monoisotopic (exact) mass is 230 g/mol. The molecule has 1 N–H and O–H groups in total. The SMILES string of the molecule is CCCCCCCCCC[N+](C)(O)C(C)C. The lowest BCUT2D eigenvalue weighted by Crippen LogP contribution is -2.47. The normalized spacial score (nSPS) is 15.4. The number of nitrogens with zero attached hydrogens (tertiary/aromatic N) is 1. The Morgan fingerprint density at radius 2 is 1.31 bits per heavy atom. The van der Waals surface area contributed by atoms with Crippen LogP contribution >= 0.6 is 0 Å². The van der Waals surface area contributed by atoms with E-state index in [0.29, 0.717) is 6.04 Å². The molecule has 1 atom stereocenters. The minimum Gasteiger partial charge on any atom is -0.217 e. The maximum Gasteiger partial charge on any atom is 0.113 e. The van der Waals surface area contributed by atoms with Gasteiger partial charge >= 0.3 is 0 Å². The molecule has 0 aliphatic rings. The van der Waals surface area contributed by atoms with Gasteiger partial charge < -0.3 is 0 Å². The van der Waals surface area contributed by atoms with Gasteiger partial charge in [-0.3, -0.25) is 0 Å². The molecule has 0 amide bonds. The lowest BCUT2D eigenvalue weighted by molar-refractivity contribution is -1.10. The van der Waals surface area contributed by atoms with Crippen molar-refractivity contribution in [3.63, 3.8) is 0 Å². The molecule has 0 saturated carbocycles. The Kier molecular flexibility index (Phi) is 8.96. The maximum absolute atomic E-state index is 10.0. The summed E-state index contributed by atoms with van der Waals surface area (Å²) in [6.07, 6.45) is 10.6. The van der Waals surface area contributed by atoms with Gasteiger partial charge in [0.15, 0.2) is 0 Å². The topological polar surface area (TPSA) is 20.2 Å². The lowest BCUT2D eigenvalue weighted by atomic mass is 10.1. The number of rotatable bonds is 10. The van der Waals surface area contributed by atoms with Crippen LogP contribution in [-0.4, -0.2) is 29.5 Å². The van der Waals surface area contributed by atoms with Gasteiger partial charge in [0.05, 0.1) is 7.05 Å². The Labute approximate surface area is 102 Å². The van der Waals surface area contributed by atoms with Crippen LogP contribution in [0, 0.1) is 0 Å². The van der Waals surface area contributed by atoms with E-state index < -0.39 is 0 Å². The molecule has 0 fully saturated rings. The zero-order valence-corrected chi connectivity index (χ0v) is 11.8. The summed E-state index contributed by atoms with van der Waals surface area (Å²) in [6.45, 7) is 7.30. The molecule has 0 aliphatic carbocycles. The second kappa shape index (κ2) is 9.00. The Morgan fingerprint density at radius 3 is 1.75 bits per heavy atom. The van der Waals surface area contributed by atoms with Crippen molar-refractivity contribution >= 4 is 0 Å². The Morgan fingerprint density at radius 1 is 0.875 bits per heavy atom. The second-order valence-electron chi connectivity index (χ2n) is 5.51. The van der Waals surface area contributed by atoms with Crippen molar-refractivity contribution in [2.24, 2.45) is 0 Å². The van der Waals surface area contributed by atoms with Gasteiger partial charge in [0.1, 0.15) is 12.6 Å². The van der Waals surface area contributed by atoms with Gasteiger partial charge in [-0.15, -0.1) is 0 Å². The van der Waals surface area contributed by atoms with Crippen LogP contribution in [0.25, 0.3) is 0 Å². The predicted octanol–water partition coefficient (Wildman–Crippen LogP) is 4.37. The lowest BCUT2D eigenvalue weighted by Gasteiger charge is -2.29. The molecule has 2 nitrogen and oxygen atoms in total. The molecular formula is C14H32NO+.